The van der Waals surface area contributed by atoms with Crippen LogP contribution in [0.25, 0.3) is 77.2 Å². The summed E-state index contributed by atoms with van der Waals surface area (Å²) in [7, 11) is 12.7. The molecule has 550 valence electrons. The molecule has 0 aliphatic heterocycles. The number of carbonyl (C=O) groups is 2. The molecule has 0 atom stereocenters. The van der Waals surface area contributed by atoms with E-state index in [0.717, 1.165) is 57.0 Å². The van der Waals surface area contributed by atoms with Gasteiger partial charge in [0.1, 0.15) is 34.7 Å². The van der Waals surface area contributed by atoms with Crippen molar-refractivity contribution in [1.29, 1.82) is 10.5 Å². The van der Waals surface area contributed by atoms with Gasteiger partial charge in [0.2, 0.25) is 10.9 Å². The van der Waals surface area contributed by atoms with Crippen LogP contribution in [0.2, 0.25) is 0 Å². The van der Waals surface area contributed by atoms with Crippen LogP contribution in [0.5, 0.6) is 5.75 Å². The molecular formula is C89H80N12O9. The number of methoxy groups -OCH3 is 1. The minimum absolute atomic E-state index is 0.0207. The normalized spacial score (nSPS) is 10.4. The summed E-state index contributed by atoms with van der Waals surface area (Å²) in [5, 5.41) is 26.7. The highest BCUT2D eigenvalue weighted by Crippen LogP contribution is 2.28. The van der Waals surface area contributed by atoms with Crippen molar-refractivity contribution in [3.05, 3.63) is 347 Å². The van der Waals surface area contributed by atoms with E-state index in [1.807, 2.05) is 97.5 Å². The lowest BCUT2D eigenvalue weighted by molar-refractivity contribution is 0.0500. The summed E-state index contributed by atoms with van der Waals surface area (Å²) in [6.07, 6.45) is 6.76. The second-order valence-corrected chi connectivity index (χ2v) is 24.9. The number of nitrogens with zero attached hydrogens (tertiary/aromatic N) is 12. The van der Waals surface area contributed by atoms with E-state index in [1.165, 1.54) is 79.2 Å². The van der Waals surface area contributed by atoms with Crippen molar-refractivity contribution in [3.8, 4) is 40.7 Å². The first-order chi connectivity index (χ1) is 53.2. The molecule has 0 N–H and O–H groups in total. The molecule has 0 saturated carbocycles. The molecule has 0 spiro atoms. The smallest absolute Gasteiger partial charge is 0.355 e. The number of hydrogen-bond donors (Lipinski definition) is 0. The van der Waals surface area contributed by atoms with Crippen LogP contribution in [0.15, 0.2) is 291 Å². The highest BCUT2D eigenvalue weighted by molar-refractivity contribution is 5.97. The molecule has 21 nitrogen and oxygen atoms in total. The Morgan fingerprint density at radius 1 is 0.445 bits per heavy atom. The summed E-state index contributed by atoms with van der Waals surface area (Å²) < 4.78 is 25.6. The highest BCUT2D eigenvalue weighted by atomic mass is 16.5. The lowest BCUT2D eigenvalue weighted by atomic mass is 10.1. The Labute approximate surface area is 633 Å². The van der Waals surface area contributed by atoms with E-state index in [0.29, 0.717) is 17.1 Å². The van der Waals surface area contributed by atoms with Gasteiger partial charge in [0.05, 0.1) is 87.3 Å². The number of aromatic nitrogens is 8. The number of hydrogen-bond acceptors (Lipinski definition) is 15. The van der Waals surface area contributed by atoms with E-state index < -0.39 is 22.8 Å². The van der Waals surface area contributed by atoms with Gasteiger partial charge in [-0.05, 0) is 99.8 Å². The number of rotatable bonds is 9. The Morgan fingerprint density at radius 3 is 1.28 bits per heavy atom. The number of pyridine rings is 8. The molecule has 0 unspecified atom stereocenters. The number of para-hydroxylation sites is 5. The van der Waals surface area contributed by atoms with E-state index >= 15 is 0 Å². The van der Waals surface area contributed by atoms with Crippen molar-refractivity contribution in [2.75, 3.05) is 20.3 Å². The van der Waals surface area contributed by atoms with E-state index in [4.69, 9.17) is 34.7 Å². The fourth-order valence-corrected chi connectivity index (χ4v) is 12.3. The molecule has 15 aromatic rings. The zero-order valence-corrected chi connectivity index (χ0v) is 62.8. The molecule has 0 fully saturated rings. The van der Waals surface area contributed by atoms with Crippen LogP contribution in [0.4, 0.5) is 11.4 Å². The van der Waals surface area contributed by atoms with Crippen LogP contribution in [0, 0.1) is 36.5 Å². The van der Waals surface area contributed by atoms with Crippen LogP contribution in [0.1, 0.15) is 57.3 Å². The summed E-state index contributed by atoms with van der Waals surface area (Å²) in [5.74, 6) is -0.920. The molecule has 15 rings (SSSR count). The Hall–Kier alpha value is -14.4. The van der Waals surface area contributed by atoms with Gasteiger partial charge >= 0.3 is 11.9 Å². The third-order valence-corrected chi connectivity index (χ3v) is 18.1. The predicted molar refractivity (Wildman–Crippen MR) is 432 cm³/mol. The Balaban J connectivity index is 0.000000144. The van der Waals surface area contributed by atoms with E-state index in [9.17, 15) is 28.8 Å². The number of nitriles is 2. The molecule has 0 aliphatic carbocycles. The summed E-state index contributed by atoms with van der Waals surface area (Å²) in [6, 6.07) is 80.5. The Bertz CT molecular complexity index is 6130. The minimum atomic E-state index is -0.650. The highest BCUT2D eigenvalue weighted by Gasteiger charge is 2.20. The maximum atomic E-state index is 11.9. The van der Waals surface area contributed by atoms with Crippen LogP contribution in [0.3, 0.4) is 0 Å². The molecular weight excluding hydrogens is 1380 g/mol. The zero-order chi connectivity index (χ0) is 78.5. The van der Waals surface area contributed by atoms with E-state index in [1.54, 1.807) is 80.8 Å². The van der Waals surface area contributed by atoms with E-state index in [-0.39, 0.29) is 46.6 Å². The number of esters is 2. The van der Waals surface area contributed by atoms with Gasteiger partial charge in [-0.25, -0.2) is 19.6 Å². The fraction of sp³-hybridized carbons (Fsp3) is 0.146. The maximum absolute atomic E-state index is 11.9. The van der Waals surface area contributed by atoms with Crippen molar-refractivity contribution in [3.63, 3.8) is 0 Å². The van der Waals surface area contributed by atoms with Crippen molar-refractivity contribution in [1.82, 2.24) is 37.4 Å². The molecule has 7 aromatic carbocycles. The predicted octanol–water partition coefficient (Wildman–Crippen LogP) is 14.7. The average Bonchev–Trinajstić information content (AvgIpc) is 0.759. The van der Waals surface area contributed by atoms with Crippen molar-refractivity contribution < 1.29 is 23.8 Å². The van der Waals surface area contributed by atoms with Gasteiger partial charge in [-0.3, -0.25) is 29.1 Å². The number of carbonyl (C=O) groups excluding carboxylic acids is 2. The topological polar surface area (TPSA) is 258 Å². The summed E-state index contributed by atoms with van der Waals surface area (Å²) in [4.78, 5) is 87.7. The quantitative estimate of drug-likeness (QED) is 0.0963. The lowest BCUT2D eigenvalue weighted by Crippen LogP contribution is -2.23. The monoisotopic (exact) mass is 1460 g/mol. The summed E-state index contributed by atoms with van der Waals surface area (Å²) in [6.45, 7) is 7.08. The van der Waals surface area contributed by atoms with Gasteiger partial charge in [0.15, 0.2) is 16.6 Å². The van der Waals surface area contributed by atoms with E-state index in [2.05, 4.69) is 173 Å². The minimum Gasteiger partial charge on any atom is -0.491 e. The third kappa shape index (κ3) is 17.9. The number of aryl methyl sites for hydroxylation is 3. The summed E-state index contributed by atoms with van der Waals surface area (Å²) >= 11 is 0. The largest absolute Gasteiger partial charge is 0.491 e. The fourth-order valence-electron chi connectivity index (χ4n) is 12.3. The lowest BCUT2D eigenvalue weighted by Gasteiger charge is -2.13. The molecule has 8 aromatic heterocycles. The van der Waals surface area contributed by atoms with Crippen molar-refractivity contribution >= 4 is 77.7 Å². The van der Waals surface area contributed by atoms with Crippen molar-refractivity contribution in [2.45, 2.75) is 27.7 Å². The van der Waals surface area contributed by atoms with Crippen LogP contribution < -0.4 is 37.2 Å². The van der Waals surface area contributed by atoms with Crippen LogP contribution in [-0.4, -0.2) is 69.6 Å². The SMILES string of the molecule is CCOC(=O)c1cc(=O)cc(C(=O)OCC)n1C.COc1cn(C)ccc1=O.Cc1c(C#N)c(=O)c(C#N)c(C)n1C.Cn1c(-c2ccccn2)cc(=O)cc1-c1ccccn1.Cn1c2ccccc2c(=Nc2cccc3ccccc23)c2ccccc21.Cn1c2ccccc2c(=Nc2ccccc2)c2ccccc21. The van der Waals surface area contributed by atoms with Gasteiger partial charge in [0.25, 0.3) is 0 Å². The molecule has 0 amide bonds. The molecule has 0 bridgehead atoms. The van der Waals surface area contributed by atoms with Gasteiger partial charge in [-0.15, -0.1) is 0 Å². The van der Waals surface area contributed by atoms with Crippen LogP contribution in [-0.2, 0) is 51.8 Å². The first-order valence-electron chi connectivity index (χ1n) is 35.1. The molecule has 110 heavy (non-hydrogen) atoms. The number of ether oxygens (including phenoxy) is 3. The van der Waals surface area contributed by atoms with Gasteiger partial charge in [0, 0.05) is 136 Å². The zero-order valence-electron chi connectivity index (χ0n) is 62.8. The molecule has 21 heteroatoms. The standard InChI is InChI=1S/C24H18N2.C20H16N2.C16H13N3O.C12H15NO5.C10H9N3O.C7H9NO2/c1-26-22-15-6-4-12-19(22)24(20-13-5-7-16-23(20)26)25-21-14-8-10-17-9-2-3-11-18(17)21;1-22-18-13-7-5-11-16(18)20(17-12-6-8-14-19(17)22)21-15-9-3-2-4-10-15;1-19-15(13-6-2-4-8-17-13)10-12(20)11-16(19)14-7-3-5-9-18-14;1-4-17-11(15)9-6-8(14)7-10(13(9)3)12(16)18-5-2;1-6-8(4-11)10(14)9(5-12)7(2)13(6)3;1-8-4-3-6(9)7(5-8)10-2/h2-16H,1H3;2-14H,1H3;2-11H,1H3;6-7H,4-5H2,1-3H3;1-3H3;3-5H,1-2H3. The first kappa shape index (κ1) is 78.2. The molecule has 0 radical (unpaired) electrons. The van der Waals surface area contributed by atoms with Gasteiger partial charge in [-0.2, -0.15) is 10.5 Å². The van der Waals surface area contributed by atoms with Crippen molar-refractivity contribution in [2.24, 2.45) is 52.3 Å². The number of benzene rings is 7. The Kier molecular flexibility index (Phi) is 25.9. The first-order valence-corrected chi connectivity index (χ1v) is 35.1. The average molecular weight is 1460 g/mol. The molecule has 0 saturated heterocycles. The number of fused-ring (bicyclic) bond motifs is 5. The molecule has 0 aliphatic rings. The summed E-state index contributed by atoms with van der Waals surface area (Å²) in [5.41, 5.74) is 10.1. The maximum Gasteiger partial charge on any atom is 0.355 e. The van der Waals surface area contributed by atoms with Crippen LogP contribution >= 0.6 is 0 Å². The second-order valence-electron chi connectivity index (χ2n) is 24.9. The molecule has 8 heterocycles. The van der Waals surface area contributed by atoms with Gasteiger partial charge in [-0.1, -0.05) is 140 Å². The Morgan fingerprint density at radius 2 is 0.855 bits per heavy atom. The second kappa shape index (κ2) is 36.5. The third-order valence-electron chi connectivity index (χ3n) is 18.1. The van der Waals surface area contributed by atoms with Gasteiger partial charge < -0.3 is 41.6 Å².